The van der Waals surface area contributed by atoms with Gasteiger partial charge in [0.2, 0.25) is 0 Å². The first-order valence-electron chi connectivity index (χ1n) is 4.59. The van der Waals surface area contributed by atoms with Crippen molar-refractivity contribution in [2.24, 2.45) is 0 Å². The van der Waals surface area contributed by atoms with Crippen molar-refractivity contribution in [3.8, 4) is 5.75 Å². The van der Waals surface area contributed by atoms with Gasteiger partial charge in [0.25, 0.3) is 5.56 Å². The molecule has 14 heavy (non-hydrogen) atoms. The van der Waals surface area contributed by atoms with Gasteiger partial charge >= 0.3 is 0 Å². The first-order valence-corrected chi connectivity index (χ1v) is 5.12. The minimum Gasteiger partial charge on any atom is -0.491 e. The highest BCUT2D eigenvalue weighted by molar-refractivity contribution is 6.17. The number of unbranched alkanes of at least 4 members (excludes halogenated alkanes) is 1. The molecule has 0 aliphatic carbocycles. The molecule has 0 spiro atoms. The highest BCUT2D eigenvalue weighted by Crippen LogP contribution is 2.01. The van der Waals surface area contributed by atoms with E-state index in [1.807, 2.05) is 0 Å². The second-order valence-electron chi connectivity index (χ2n) is 2.97. The second kappa shape index (κ2) is 5.70. The van der Waals surface area contributed by atoms with Crippen LogP contribution in [-0.2, 0) is 6.54 Å². The van der Waals surface area contributed by atoms with Crippen LogP contribution in [0, 0.1) is 0 Å². The summed E-state index contributed by atoms with van der Waals surface area (Å²) in [6, 6.07) is 3.47. The Morgan fingerprint density at radius 3 is 2.93 bits per heavy atom. The molecule has 0 aromatic carbocycles. The van der Waals surface area contributed by atoms with Crippen LogP contribution >= 0.6 is 11.6 Å². The van der Waals surface area contributed by atoms with Crippen LogP contribution in [-0.4, -0.2) is 17.6 Å². The lowest BCUT2D eigenvalue weighted by Crippen LogP contribution is -2.20. The Bertz CT molecular complexity index is 335. The zero-order chi connectivity index (χ0) is 10.4. The van der Waals surface area contributed by atoms with Crippen molar-refractivity contribution < 1.29 is 4.74 Å². The van der Waals surface area contributed by atoms with E-state index in [1.54, 1.807) is 22.9 Å². The van der Waals surface area contributed by atoms with Crippen molar-refractivity contribution in [1.29, 1.82) is 0 Å². The quantitative estimate of drug-likeness (QED) is 0.555. The van der Waals surface area contributed by atoms with Gasteiger partial charge in [0.15, 0.2) is 5.75 Å². The van der Waals surface area contributed by atoms with Gasteiger partial charge in [0.05, 0.1) is 7.11 Å². The Kier molecular flexibility index (Phi) is 4.53. The molecular weight excluding hydrogens is 202 g/mol. The van der Waals surface area contributed by atoms with E-state index in [-0.39, 0.29) is 5.56 Å². The smallest absolute Gasteiger partial charge is 0.292 e. The Morgan fingerprint density at radius 1 is 1.50 bits per heavy atom. The fourth-order valence-corrected chi connectivity index (χ4v) is 1.41. The Labute approximate surface area is 88.3 Å². The third-order valence-corrected chi connectivity index (χ3v) is 2.26. The standard InChI is InChI=1S/C10H14ClNO2/c1-14-9-5-4-8-12(10(9)13)7-3-2-6-11/h4-5,8H,2-3,6-7H2,1H3. The minimum atomic E-state index is -0.0791. The highest BCUT2D eigenvalue weighted by atomic mass is 35.5. The molecule has 0 unspecified atom stereocenters. The van der Waals surface area contributed by atoms with E-state index in [1.165, 1.54) is 7.11 Å². The van der Waals surface area contributed by atoms with E-state index in [2.05, 4.69) is 0 Å². The van der Waals surface area contributed by atoms with Crippen molar-refractivity contribution in [2.75, 3.05) is 13.0 Å². The van der Waals surface area contributed by atoms with Gasteiger partial charge < -0.3 is 9.30 Å². The van der Waals surface area contributed by atoms with Gasteiger partial charge in [0, 0.05) is 18.6 Å². The molecule has 78 valence electrons. The topological polar surface area (TPSA) is 31.2 Å². The fraction of sp³-hybridized carbons (Fsp3) is 0.500. The first-order chi connectivity index (χ1) is 6.79. The Balaban J connectivity index is 2.72. The van der Waals surface area contributed by atoms with Gasteiger partial charge in [-0.2, -0.15) is 0 Å². The molecule has 0 atom stereocenters. The lowest BCUT2D eigenvalue weighted by molar-refractivity contribution is 0.401. The molecule has 0 amide bonds. The van der Waals surface area contributed by atoms with Gasteiger partial charge in [0.1, 0.15) is 0 Å². The van der Waals surface area contributed by atoms with Crippen LogP contribution in [0.1, 0.15) is 12.8 Å². The Hall–Kier alpha value is -0.960. The number of ether oxygens (including phenoxy) is 1. The fourth-order valence-electron chi connectivity index (χ4n) is 1.22. The lowest BCUT2D eigenvalue weighted by Gasteiger charge is -2.06. The molecule has 0 aliphatic heterocycles. The van der Waals surface area contributed by atoms with Crippen LogP contribution in [0.25, 0.3) is 0 Å². The largest absolute Gasteiger partial charge is 0.491 e. The summed E-state index contributed by atoms with van der Waals surface area (Å²) in [5, 5.41) is 0. The summed E-state index contributed by atoms with van der Waals surface area (Å²) in [7, 11) is 1.50. The van der Waals surface area contributed by atoms with Gasteiger partial charge in [-0.3, -0.25) is 4.79 Å². The van der Waals surface area contributed by atoms with Crippen LogP contribution in [0.5, 0.6) is 5.75 Å². The normalized spacial score (nSPS) is 10.1. The number of hydrogen-bond acceptors (Lipinski definition) is 2. The van der Waals surface area contributed by atoms with Crippen molar-refractivity contribution in [1.82, 2.24) is 4.57 Å². The summed E-state index contributed by atoms with van der Waals surface area (Å²) >= 11 is 5.55. The zero-order valence-electron chi connectivity index (χ0n) is 8.20. The van der Waals surface area contributed by atoms with Crippen molar-refractivity contribution in [3.63, 3.8) is 0 Å². The van der Waals surface area contributed by atoms with E-state index in [0.29, 0.717) is 18.2 Å². The van der Waals surface area contributed by atoms with E-state index in [4.69, 9.17) is 16.3 Å². The molecule has 1 aromatic rings. The molecule has 1 rings (SSSR count). The number of halogens is 1. The molecule has 0 saturated carbocycles. The van der Waals surface area contributed by atoms with E-state index >= 15 is 0 Å². The van der Waals surface area contributed by atoms with Crippen LogP contribution in [0.15, 0.2) is 23.1 Å². The second-order valence-corrected chi connectivity index (χ2v) is 3.35. The molecular formula is C10H14ClNO2. The van der Waals surface area contributed by atoms with Crippen molar-refractivity contribution in [2.45, 2.75) is 19.4 Å². The van der Waals surface area contributed by atoms with E-state index < -0.39 is 0 Å². The van der Waals surface area contributed by atoms with Crippen molar-refractivity contribution in [3.05, 3.63) is 28.7 Å². The maximum Gasteiger partial charge on any atom is 0.292 e. The molecule has 0 N–H and O–H groups in total. The summed E-state index contributed by atoms with van der Waals surface area (Å²) in [6.45, 7) is 0.697. The molecule has 0 bridgehead atoms. The average molecular weight is 216 g/mol. The summed E-state index contributed by atoms with van der Waals surface area (Å²) in [5.74, 6) is 1.03. The summed E-state index contributed by atoms with van der Waals surface area (Å²) in [4.78, 5) is 11.6. The molecule has 0 fully saturated rings. The summed E-state index contributed by atoms with van der Waals surface area (Å²) in [6.07, 6.45) is 3.60. The van der Waals surface area contributed by atoms with Crippen LogP contribution in [0.3, 0.4) is 0 Å². The van der Waals surface area contributed by atoms with Crippen LogP contribution in [0.4, 0.5) is 0 Å². The minimum absolute atomic E-state index is 0.0791. The number of nitrogens with zero attached hydrogens (tertiary/aromatic N) is 1. The molecule has 0 radical (unpaired) electrons. The number of rotatable bonds is 5. The number of hydrogen-bond donors (Lipinski definition) is 0. The van der Waals surface area contributed by atoms with Gasteiger partial charge in [-0.05, 0) is 25.0 Å². The van der Waals surface area contributed by atoms with Gasteiger partial charge in [-0.15, -0.1) is 11.6 Å². The third-order valence-electron chi connectivity index (χ3n) is 1.99. The predicted octanol–water partition coefficient (Wildman–Crippen LogP) is 1.88. The molecule has 1 aromatic heterocycles. The molecule has 1 heterocycles. The predicted molar refractivity (Wildman–Crippen MR) is 57.2 cm³/mol. The number of pyridine rings is 1. The molecule has 3 nitrogen and oxygen atoms in total. The highest BCUT2D eigenvalue weighted by Gasteiger charge is 2.01. The first kappa shape index (κ1) is 11.1. The Morgan fingerprint density at radius 2 is 2.29 bits per heavy atom. The van der Waals surface area contributed by atoms with Gasteiger partial charge in [-0.25, -0.2) is 0 Å². The third kappa shape index (κ3) is 2.77. The maximum atomic E-state index is 11.6. The average Bonchev–Trinajstić information content (AvgIpc) is 2.21. The van der Waals surface area contributed by atoms with Gasteiger partial charge in [-0.1, -0.05) is 0 Å². The van der Waals surface area contributed by atoms with Crippen LogP contribution in [0.2, 0.25) is 0 Å². The number of methoxy groups -OCH3 is 1. The monoisotopic (exact) mass is 215 g/mol. The number of aryl methyl sites for hydroxylation is 1. The molecule has 4 heteroatoms. The zero-order valence-corrected chi connectivity index (χ0v) is 8.96. The van der Waals surface area contributed by atoms with Crippen LogP contribution < -0.4 is 10.3 Å². The van der Waals surface area contributed by atoms with E-state index in [9.17, 15) is 4.79 Å². The maximum absolute atomic E-state index is 11.6. The van der Waals surface area contributed by atoms with E-state index in [0.717, 1.165) is 12.8 Å². The summed E-state index contributed by atoms with van der Waals surface area (Å²) < 4.78 is 6.58. The number of alkyl halides is 1. The number of aromatic nitrogens is 1. The molecule has 0 saturated heterocycles. The van der Waals surface area contributed by atoms with Crippen molar-refractivity contribution >= 4 is 11.6 Å². The lowest BCUT2D eigenvalue weighted by atomic mass is 10.3. The molecule has 0 aliphatic rings. The summed E-state index contributed by atoms with van der Waals surface area (Å²) in [5.41, 5.74) is -0.0791. The SMILES string of the molecule is COc1cccn(CCCCCl)c1=O.